The molecule has 0 aliphatic heterocycles. The van der Waals surface area contributed by atoms with Crippen LogP contribution in [-0.4, -0.2) is 36.4 Å². The molecule has 1 aliphatic rings. The number of hydrogen-bond acceptors (Lipinski definition) is 4. The van der Waals surface area contributed by atoms with Crippen molar-refractivity contribution in [3.05, 3.63) is 59.4 Å². The van der Waals surface area contributed by atoms with Gasteiger partial charge in [0.1, 0.15) is 5.82 Å². The molecule has 2 aromatic rings. The van der Waals surface area contributed by atoms with Crippen LogP contribution in [0.2, 0.25) is 0 Å². The Kier molecular flexibility index (Phi) is 9.17. The minimum atomic E-state index is -5.08. The number of carbonyl (C=O) groups is 1. The van der Waals surface area contributed by atoms with E-state index in [1.165, 1.54) is 6.07 Å². The molecule has 3 N–H and O–H groups in total. The quantitative estimate of drug-likeness (QED) is 0.578. The molecule has 0 bridgehead atoms. The topological polar surface area (TPSA) is 85.1 Å². The number of hydrogen-bond donors (Lipinski definition) is 3. The van der Waals surface area contributed by atoms with Gasteiger partial charge in [-0.05, 0) is 68.1 Å². The number of nitrogens with one attached hydrogen (secondary N) is 2. The highest BCUT2D eigenvalue weighted by molar-refractivity contribution is 5.73. The van der Waals surface area contributed by atoms with E-state index in [1.54, 1.807) is 12.1 Å². The Balaban J connectivity index is 0.000000451. The summed E-state index contributed by atoms with van der Waals surface area (Å²) in [7, 11) is 2.01. The van der Waals surface area contributed by atoms with Crippen molar-refractivity contribution in [3.63, 3.8) is 0 Å². The third-order valence-electron chi connectivity index (χ3n) is 5.33. The summed E-state index contributed by atoms with van der Waals surface area (Å²) >= 11 is 0. The fraction of sp³-hybridized carbons (Fsp3) is 0.391. The van der Waals surface area contributed by atoms with Gasteiger partial charge in [-0.2, -0.15) is 18.4 Å². The highest BCUT2D eigenvalue weighted by atomic mass is 19.4. The lowest BCUT2D eigenvalue weighted by Gasteiger charge is -2.29. The van der Waals surface area contributed by atoms with Crippen LogP contribution in [0.25, 0.3) is 11.1 Å². The maximum atomic E-state index is 14.2. The van der Waals surface area contributed by atoms with Gasteiger partial charge in [0.05, 0.1) is 11.6 Å². The monoisotopic (exact) mass is 451 g/mol. The Morgan fingerprint density at radius 1 is 1.09 bits per heavy atom. The van der Waals surface area contributed by atoms with Crippen LogP contribution in [0.4, 0.5) is 17.6 Å². The molecule has 0 aromatic heterocycles. The molecule has 5 nitrogen and oxygen atoms in total. The number of aliphatic carboxylic acids is 1. The average Bonchev–Trinajstić information content (AvgIpc) is 2.78. The van der Waals surface area contributed by atoms with Gasteiger partial charge in [0.15, 0.2) is 0 Å². The van der Waals surface area contributed by atoms with E-state index in [-0.39, 0.29) is 5.82 Å². The Morgan fingerprint density at radius 3 is 2.25 bits per heavy atom. The molecular weight excluding hydrogens is 426 g/mol. The SMILES string of the molecule is CNC1CCC(NCc2cc(-c3cccc(C#N)c3)ccc2F)CC1.O=C(O)C(F)(F)F. The van der Waals surface area contributed by atoms with Gasteiger partial charge in [0.25, 0.3) is 0 Å². The van der Waals surface area contributed by atoms with Gasteiger partial charge in [0, 0.05) is 24.2 Å². The summed E-state index contributed by atoms with van der Waals surface area (Å²) in [5.74, 6) is -2.94. The Labute approximate surface area is 184 Å². The summed E-state index contributed by atoms with van der Waals surface area (Å²) in [6.45, 7) is 0.534. The molecule has 0 heterocycles. The number of rotatable bonds is 5. The number of nitriles is 1. The Bertz CT molecular complexity index is 949. The van der Waals surface area contributed by atoms with E-state index in [0.717, 1.165) is 36.8 Å². The predicted octanol–water partition coefficient (Wildman–Crippen LogP) is 4.62. The van der Waals surface area contributed by atoms with Crippen molar-refractivity contribution in [1.82, 2.24) is 10.6 Å². The summed E-state index contributed by atoms with van der Waals surface area (Å²) < 4.78 is 45.9. The van der Waals surface area contributed by atoms with Gasteiger partial charge in [-0.25, -0.2) is 9.18 Å². The molecule has 0 saturated heterocycles. The number of nitrogens with zero attached hydrogens (tertiary/aromatic N) is 1. The van der Waals surface area contributed by atoms with E-state index < -0.39 is 12.1 Å². The first-order chi connectivity index (χ1) is 15.1. The predicted molar refractivity (Wildman–Crippen MR) is 112 cm³/mol. The maximum absolute atomic E-state index is 14.2. The molecule has 0 amide bonds. The number of carboxylic acids is 1. The minimum Gasteiger partial charge on any atom is -0.475 e. The molecule has 32 heavy (non-hydrogen) atoms. The maximum Gasteiger partial charge on any atom is 0.490 e. The van der Waals surface area contributed by atoms with Crippen molar-refractivity contribution in [2.24, 2.45) is 0 Å². The largest absolute Gasteiger partial charge is 0.490 e. The van der Waals surface area contributed by atoms with Crippen LogP contribution in [0, 0.1) is 17.1 Å². The van der Waals surface area contributed by atoms with Crippen LogP contribution in [0.15, 0.2) is 42.5 Å². The smallest absolute Gasteiger partial charge is 0.475 e. The Hall–Kier alpha value is -2.96. The standard InChI is InChI=1S/C21H24FN3.C2HF3O2/c1-24-19-6-8-20(9-7-19)25-14-18-12-17(5-10-21(18)22)16-4-2-3-15(11-16)13-23;3-2(4,5)1(6)7/h2-5,10-12,19-20,24-25H,6-9,14H2,1H3;(H,6,7). The summed E-state index contributed by atoms with van der Waals surface area (Å²) in [5.41, 5.74) is 3.17. The number of carboxylic acid groups (broad SMARTS) is 1. The van der Waals surface area contributed by atoms with Crippen molar-refractivity contribution in [2.75, 3.05) is 7.05 Å². The Morgan fingerprint density at radius 2 is 1.69 bits per heavy atom. The van der Waals surface area contributed by atoms with Crippen molar-refractivity contribution >= 4 is 5.97 Å². The lowest BCUT2D eigenvalue weighted by Crippen LogP contribution is -2.38. The molecule has 1 fully saturated rings. The van der Waals surface area contributed by atoms with Gasteiger partial charge < -0.3 is 15.7 Å². The van der Waals surface area contributed by atoms with E-state index in [4.69, 9.17) is 15.2 Å². The van der Waals surface area contributed by atoms with E-state index in [9.17, 15) is 17.6 Å². The van der Waals surface area contributed by atoms with Crippen LogP contribution in [-0.2, 0) is 11.3 Å². The number of alkyl halides is 3. The molecule has 0 radical (unpaired) electrons. The third kappa shape index (κ3) is 7.62. The molecule has 1 aliphatic carbocycles. The molecule has 0 spiro atoms. The molecule has 0 atom stereocenters. The van der Waals surface area contributed by atoms with Crippen molar-refractivity contribution in [2.45, 2.75) is 50.5 Å². The fourth-order valence-corrected chi connectivity index (χ4v) is 3.50. The van der Waals surface area contributed by atoms with Crippen LogP contribution in [0.1, 0.15) is 36.8 Å². The van der Waals surface area contributed by atoms with Gasteiger partial charge in [-0.3, -0.25) is 0 Å². The summed E-state index contributed by atoms with van der Waals surface area (Å²) in [6.07, 6.45) is -0.511. The van der Waals surface area contributed by atoms with E-state index in [2.05, 4.69) is 16.7 Å². The highest BCUT2D eigenvalue weighted by Crippen LogP contribution is 2.24. The van der Waals surface area contributed by atoms with Crippen molar-refractivity contribution in [3.8, 4) is 17.2 Å². The summed E-state index contributed by atoms with van der Waals surface area (Å²) in [6, 6.07) is 15.8. The third-order valence-corrected chi connectivity index (χ3v) is 5.33. The molecular formula is C23H25F4N3O2. The van der Waals surface area contributed by atoms with Gasteiger partial charge in [0.2, 0.25) is 0 Å². The molecule has 9 heteroatoms. The average molecular weight is 451 g/mol. The van der Waals surface area contributed by atoms with Crippen LogP contribution < -0.4 is 10.6 Å². The highest BCUT2D eigenvalue weighted by Gasteiger charge is 2.38. The lowest BCUT2D eigenvalue weighted by molar-refractivity contribution is -0.192. The lowest BCUT2D eigenvalue weighted by atomic mass is 9.91. The van der Waals surface area contributed by atoms with Gasteiger partial charge >= 0.3 is 12.1 Å². The normalized spacial score (nSPS) is 18.2. The molecule has 0 unspecified atom stereocenters. The van der Waals surface area contributed by atoms with E-state index in [1.807, 2.05) is 31.3 Å². The fourth-order valence-electron chi connectivity index (χ4n) is 3.50. The van der Waals surface area contributed by atoms with E-state index >= 15 is 0 Å². The summed E-state index contributed by atoms with van der Waals surface area (Å²) in [5, 5.41) is 23.0. The second-order valence-electron chi connectivity index (χ2n) is 7.52. The minimum absolute atomic E-state index is 0.184. The first-order valence-electron chi connectivity index (χ1n) is 10.1. The van der Waals surface area contributed by atoms with Gasteiger partial charge in [-0.15, -0.1) is 0 Å². The van der Waals surface area contributed by atoms with Crippen LogP contribution in [0.5, 0.6) is 0 Å². The second-order valence-corrected chi connectivity index (χ2v) is 7.52. The summed E-state index contributed by atoms with van der Waals surface area (Å²) in [4.78, 5) is 8.90. The number of benzene rings is 2. The first kappa shape index (κ1) is 25.3. The first-order valence-corrected chi connectivity index (χ1v) is 10.1. The molecule has 172 valence electrons. The van der Waals surface area contributed by atoms with Crippen LogP contribution in [0.3, 0.4) is 0 Å². The zero-order valence-electron chi connectivity index (χ0n) is 17.5. The zero-order chi connectivity index (χ0) is 23.7. The van der Waals surface area contributed by atoms with E-state index in [0.29, 0.717) is 29.8 Å². The van der Waals surface area contributed by atoms with Crippen LogP contribution >= 0.6 is 0 Å². The second kappa shape index (κ2) is 11.6. The number of halogens is 4. The molecule has 2 aromatic carbocycles. The zero-order valence-corrected chi connectivity index (χ0v) is 17.5. The van der Waals surface area contributed by atoms with Gasteiger partial charge in [-0.1, -0.05) is 18.2 Å². The molecule has 1 saturated carbocycles. The van der Waals surface area contributed by atoms with Crippen molar-refractivity contribution in [1.29, 1.82) is 5.26 Å². The van der Waals surface area contributed by atoms with Crippen molar-refractivity contribution < 1.29 is 27.5 Å². The molecule has 3 rings (SSSR count).